The van der Waals surface area contributed by atoms with Gasteiger partial charge in [0, 0.05) is 104 Å². The summed E-state index contributed by atoms with van der Waals surface area (Å²) in [5.41, 5.74) is 22.0. The molecule has 5 heterocycles. The van der Waals surface area contributed by atoms with Crippen LogP contribution in [0.2, 0.25) is 0 Å². The van der Waals surface area contributed by atoms with E-state index in [1.165, 1.54) is 33.4 Å². The first-order valence-corrected chi connectivity index (χ1v) is 45.3. The summed E-state index contributed by atoms with van der Waals surface area (Å²) < 4.78 is 0. The van der Waals surface area contributed by atoms with Gasteiger partial charge in [0.25, 0.3) is 0 Å². The van der Waals surface area contributed by atoms with Gasteiger partial charge in [-0.1, -0.05) is 135 Å². The van der Waals surface area contributed by atoms with E-state index in [2.05, 4.69) is 94.4 Å². The lowest BCUT2D eigenvalue weighted by molar-refractivity contribution is -0.143. The highest BCUT2D eigenvalue weighted by Gasteiger charge is 2.43. The molecule has 17 amide bonds. The van der Waals surface area contributed by atoms with E-state index in [0.29, 0.717) is 49.8 Å². The highest BCUT2D eigenvalue weighted by molar-refractivity contribution is 8.00. The Morgan fingerprint density at radius 3 is 1.64 bits per heavy atom. The van der Waals surface area contributed by atoms with E-state index in [-0.39, 0.29) is 83.2 Å². The van der Waals surface area contributed by atoms with Crippen molar-refractivity contribution in [3.8, 4) is 11.1 Å². The number of aliphatic hydroxyl groups is 1. The van der Waals surface area contributed by atoms with E-state index >= 15 is 19.2 Å². The molecule has 13 atom stereocenters. The highest BCUT2D eigenvalue weighted by atomic mass is 32.2. The van der Waals surface area contributed by atoms with Crippen molar-refractivity contribution in [2.24, 2.45) is 23.1 Å². The number of benzene rings is 5. The van der Waals surface area contributed by atoms with E-state index in [0.717, 1.165) is 32.7 Å². The Hall–Kier alpha value is -15.0. The van der Waals surface area contributed by atoms with E-state index < -0.39 is 223 Å². The van der Waals surface area contributed by atoms with Gasteiger partial charge >= 0.3 is 0 Å². The SMILES string of the molecule is CC(C)C[C@@H]1NC(=O)[C@H](Cc2cnc[nH]2)NC(=O)[C@@H]2CCCN2C(=O)[C@H](CC(N)=O)NC(=O)[C@H](C)NC(=O)[C@H](Cc2ccccc2)NC(=O)CSC[C@@H](C(=O)NCC(N)=O)NC(=O)[C@H](CCCNC(=N)N)NC(=O)[C@H](C)N(C)C(=O)C(Cc2ccc(-c3ccccc3)cc2)NC(=O)[C@H](Cc2c[nH]c3ccccc23)NC(=O)[C@H](CO)NC(=O)[C@H](Cc2c[nH]c3ccccc23)NC(=O)CNC1=O. The van der Waals surface area contributed by atoms with Crippen LogP contribution >= 0.6 is 11.8 Å². The second kappa shape index (κ2) is 49.4. The second-order valence-corrected chi connectivity index (χ2v) is 34.6. The quantitative estimate of drug-likeness (QED) is 0.0177. The zero-order chi connectivity index (χ0) is 97.5. The Labute approximate surface area is 781 Å². The zero-order valence-corrected chi connectivity index (χ0v) is 76.0. The number of nitrogens with one attached hydrogen (secondary N) is 18. The third-order valence-electron chi connectivity index (χ3n) is 22.8. The number of fused-ring (bicyclic) bond motifs is 3. The standard InChI is InChI=1S/C92H116N24O18S/c1-50(2)34-65-81(124)102-45-77(120)105-67(37-57-41-99-62-24-14-12-22-60(57)62)85(128)113-72(46-117)88(131)109-68(38-58-42-100-63-25-15-13-23-61(58)63)86(129)112-70(36-54-28-30-56(31-29-54)55-20-10-7-11-21-55)90(133)115(5)52(4)80(123)107-64(26-16-32-98-92(95)96)83(126)114-73(82(125)101-44-76(94)119)47-135-48-78(121)106-66(35-53-18-8-6-9-19-53)84(127)104-51(3)79(122)111-71(40-75(93)118)91(134)116-33-17-27-74(116)89(132)110-69(87(130)108-65)39-59-43-97-49-103-59/h6-15,18-25,28-31,41-43,49-52,64-74,99-100,117H,16-17,26-27,32-40,44-48H2,1-5H3,(H2,93,118)(H2,94,119)(H,97,103)(H,101,125)(H,102,124)(H,104,127)(H,105,120)(H,106,121)(H,107,123)(H,108,130)(H,109,131)(H,110,132)(H,111,122)(H,112,129)(H,113,128)(H,114,126)(H4,95,96,98)/t51-,52-,64-,65-,66-,67-,68-,69-,70?,71-,72-,73-,74-/m0/s1. The summed E-state index contributed by atoms with van der Waals surface area (Å²) in [7, 11) is 1.26. The summed E-state index contributed by atoms with van der Waals surface area (Å²) >= 11 is 0.770. The minimum atomic E-state index is -1.89. The number of likely N-dealkylation sites (N-methyl/N-ethyl adjacent to an activating group) is 1. The molecule has 718 valence electrons. The van der Waals surface area contributed by atoms with Gasteiger partial charge in [-0.05, 0) is 97.4 Å². The maximum absolute atomic E-state index is 15.6. The van der Waals surface area contributed by atoms with Gasteiger partial charge in [0.1, 0.15) is 78.5 Å². The second-order valence-electron chi connectivity index (χ2n) is 33.5. The molecule has 135 heavy (non-hydrogen) atoms. The van der Waals surface area contributed by atoms with Crippen molar-refractivity contribution in [2.45, 2.75) is 177 Å². The number of hydrogen-bond donors (Lipinski definition) is 22. The van der Waals surface area contributed by atoms with Crippen LogP contribution in [0.15, 0.2) is 158 Å². The molecule has 1 unspecified atom stereocenters. The maximum atomic E-state index is 15.6. The smallest absolute Gasteiger partial charge is 0.246 e. The van der Waals surface area contributed by atoms with Crippen molar-refractivity contribution in [2.75, 3.05) is 51.3 Å². The molecule has 0 aliphatic carbocycles. The van der Waals surface area contributed by atoms with Crippen LogP contribution < -0.4 is 91.6 Å². The molecule has 43 heteroatoms. The van der Waals surface area contributed by atoms with Crippen LogP contribution in [0.1, 0.15) is 94.2 Å². The summed E-state index contributed by atoms with van der Waals surface area (Å²) in [4.78, 5) is 261. The van der Waals surface area contributed by atoms with Crippen LogP contribution in [0, 0.1) is 11.3 Å². The summed E-state index contributed by atoms with van der Waals surface area (Å²) in [6, 6.07) is 18.4. The van der Waals surface area contributed by atoms with Crippen LogP contribution in [0.25, 0.3) is 32.9 Å². The Morgan fingerprint density at radius 1 is 0.519 bits per heavy atom. The molecule has 0 spiro atoms. The summed E-state index contributed by atoms with van der Waals surface area (Å²) in [6.45, 7) is 3.30. The largest absolute Gasteiger partial charge is 0.394 e. The number of H-pyrrole nitrogens is 3. The minimum absolute atomic E-state index is 0.00682. The monoisotopic (exact) mass is 1880 g/mol. The molecule has 8 aromatic rings. The van der Waals surface area contributed by atoms with Crippen LogP contribution in [-0.4, -0.2) is 271 Å². The number of para-hydroxylation sites is 2. The maximum Gasteiger partial charge on any atom is 0.246 e. The molecule has 0 radical (unpaired) electrons. The van der Waals surface area contributed by atoms with Crippen molar-refractivity contribution in [3.05, 3.63) is 186 Å². The third kappa shape index (κ3) is 30.0. The van der Waals surface area contributed by atoms with Crippen molar-refractivity contribution in [1.82, 2.24) is 104 Å². The molecule has 0 bridgehead atoms. The van der Waals surface area contributed by atoms with Crippen molar-refractivity contribution < 1.29 is 86.6 Å². The first kappa shape index (κ1) is 102. The highest BCUT2D eigenvalue weighted by Crippen LogP contribution is 2.26. The normalized spacial score (nSPS) is 22.9. The molecule has 2 aliphatic heterocycles. The van der Waals surface area contributed by atoms with E-state index in [1.807, 2.05) is 30.3 Å². The fraction of sp³-hybridized carbons (Fsp3) is 0.402. The fourth-order valence-electron chi connectivity index (χ4n) is 15.6. The molecular formula is C92H116N24O18S. The van der Waals surface area contributed by atoms with E-state index in [9.17, 15) is 67.4 Å². The fourth-order valence-corrected chi connectivity index (χ4v) is 16.4. The number of nitrogens with zero attached hydrogens (tertiary/aromatic N) is 3. The van der Waals surface area contributed by atoms with Crippen LogP contribution in [0.5, 0.6) is 0 Å². The van der Waals surface area contributed by atoms with Gasteiger partial charge < -0.3 is 121 Å². The van der Waals surface area contributed by atoms with Crippen LogP contribution in [-0.2, 0) is 114 Å². The van der Waals surface area contributed by atoms with Gasteiger partial charge in [-0.3, -0.25) is 86.9 Å². The van der Waals surface area contributed by atoms with Crippen LogP contribution in [0.3, 0.4) is 0 Å². The first-order chi connectivity index (χ1) is 64.6. The van der Waals surface area contributed by atoms with Gasteiger partial charge in [0.05, 0.1) is 38.2 Å². The molecule has 2 fully saturated rings. The lowest BCUT2D eigenvalue weighted by Gasteiger charge is -2.31. The van der Waals surface area contributed by atoms with Gasteiger partial charge in [-0.25, -0.2) is 4.98 Å². The molecule has 42 nitrogen and oxygen atoms in total. The topological polar surface area (TPSA) is 647 Å². The zero-order valence-electron chi connectivity index (χ0n) is 75.2. The molecule has 5 aromatic carbocycles. The Bertz CT molecular complexity index is 5570. The number of rotatable bonds is 23. The Morgan fingerprint density at radius 2 is 1.04 bits per heavy atom. The number of nitrogens with two attached hydrogens (primary N) is 3. The predicted molar refractivity (Wildman–Crippen MR) is 498 cm³/mol. The van der Waals surface area contributed by atoms with Crippen molar-refractivity contribution in [1.29, 1.82) is 5.41 Å². The first-order valence-electron chi connectivity index (χ1n) is 44.1. The lowest BCUT2D eigenvalue weighted by Crippen LogP contribution is -2.61. The number of carbonyl (C=O) groups excluding carboxylic acids is 17. The summed E-state index contributed by atoms with van der Waals surface area (Å²) in [5, 5.41) is 56.7. The average molecular weight is 1880 g/mol. The number of hydrogen-bond acceptors (Lipinski definition) is 21. The van der Waals surface area contributed by atoms with Gasteiger partial charge in [-0.2, -0.15) is 0 Å². The average Bonchev–Trinajstić information content (AvgIpc) is 1.78. The number of thioether (sulfide) groups is 1. The molecule has 2 aliphatic rings. The molecule has 3 aromatic heterocycles. The number of aliphatic hydroxyl groups excluding tert-OH is 1. The summed E-state index contributed by atoms with van der Waals surface area (Å²) in [6.07, 6.45) is 3.77. The van der Waals surface area contributed by atoms with E-state index in [1.54, 1.807) is 129 Å². The molecule has 2 saturated heterocycles. The van der Waals surface area contributed by atoms with Gasteiger partial charge in [-0.15, -0.1) is 11.8 Å². The third-order valence-corrected chi connectivity index (χ3v) is 23.9. The van der Waals surface area contributed by atoms with Crippen molar-refractivity contribution in [3.63, 3.8) is 0 Å². The molecular weight excluding hydrogens is 1760 g/mol. The number of aromatic nitrogens is 4. The number of amides is 17. The van der Waals surface area contributed by atoms with E-state index in [4.69, 9.17) is 22.6 Å². The predicted octanol–water partition coefficient (Wildman–Crippen LogP) is -2.62. The van der Waals surface area contributed by atoms with Crippen LogP contribution in [0.4, 0.5) is 0 Å². The Balaban J connectivity index is 0.994. The minimum Gasteiger partial charge on any atom is -0.394 e. The number of imidazole rings is 1. The number of carbonyl (C=O) groups is 17. The Kier molecular flexibility index (Phi) is 37.4. The number of guanidine groups is 1. The molecule has 25 N–H and O–H groups in total. The molecule has 0 saturated carbocycles. The number of primary amides is 2. The van der Waals surface area contributed by atoms with Crippen molar-refractivity contribution >= 4 is 140 Å². The number of aromatic amines is 3. The van der Waals surface area contributed by atoms with Gasteiger partial charge in [0.2, 0.25) is 100 Å². The molecule has 10 rings (SSSR count). The summed E-state index contributed by atoms with van der Waals surface area (Å²) in [5.74, 6) is -18.1. The van der Waals surface area contributed by atoms with Gasteiger partial charge in [0.15, 0.2) is 5.96 Å². The lowest BCUT2D eigenvalue weighted by atomic mass is 9.99.